The van der Waals surface area contributed by atoms with Crippen LogP contribution in [0, 0.1) is 5.92 Å². The Balaban J connectivity index is 1.36. The first-order valence-electron chi connectivity index (χ1n) is 9.19. The number of H-pyrrole nitrogens is 1. The zero-order valence-corrected chi connectivity index (χ0v) is 14.4. The van der Waals surface area contributed by atoms with E-state index in [2.05, 4.69) is 56.4 Å². The quantitative estimate of drug-likeness (QED) is 0.770. The Morgan fingerprint density at radius 1 is 1.12 bits per heavy atom. The summed E-state index contributed by atoms with van der Waals surface area (Å²) in [6.07, 6.45) is 6.39. The van der Waals surface area contributed by atoms with Gasteiger partial charge in [0.05, 0.1) is 0 Å². The van der Waals surface area contributed by atoms with E-state index in [4.69, 9.17) is 0 Å². The Morgan fingerprint density at radius 2 is 1.88 bits per heavy atom. The maximum atomic E-state index is 4.58. The third-order valence-electron chi connectivity index (χ3n) is 5.97. The molecule has 1 aromatic carbocycles. The summed E-state index contributed by atoms with van der Waals surface area (Å²) in [4.78, 5) is 15.2. The van der Waals surface area contributed by atoms with Crippen LogP contribution in [0.25, 0.3) is 22.2 Å². The summed E-state index contributed by atoms with van der Waals surface area (Å²) in [5.74, 6) is 1.49. The molecule has 0 radical (unpaired) electrons. The number of piperidine rings is 3. The molecular formula is C20H23N5. The molecule has 2 aromatic heterocycles. The van der Waals surface area contributed by atoms with Crippen LogP contribution in [0.2, 0.25) is 0 Å². The number of aromatic nitrogens is 3. The minimum Gasteiger partial charge on any atom is -0.354 e. The number of fused-ring (bicyclic) bond motifs is 4. The molecule has 0 aliphatic carbocycles. The first kappa shape index (κ1) is 14.9. The van der Waals surface area contributed by atoms with Crippen molar-refractivity contribution in [3.8, 4) is 11.3 Å². The highest BCUT2D eigenvalue weighted by Gasteiger charge is 2.39. The number of nitrogens with one attached hydrogen (secondary N) is 2. The minimum atomic E-state index is 0.460. The van der Waals surface area contributed by atoms with E-state index < -0.39 is 0 Å². The molecule has 5 nitrogen and oxygen atoms in total. The smallest absolute Gasteiger partial charge is 0.222 e. The SMILES string of the molecule is C[C@@H]1[C@@H](Nc2ncc(-c3cc4ccccc4[nH]3)cn2)C2CCN1CC2. The van der Waals surface area contributed by atoms with Crippen molar-refractivity contribution in [2.75, 3.05) is 18.4 Å². The Kier molecular flexibility index (Phi) is 3.48. The third kappa shape index (κ3) is 2.59. The molecule has 3 aromatic rings. The topological polar surface area (TPSA) is 56.8 Å². The van der Waals surface area contributed by atoms with Gasteiger partial charge in [-0.05, 0) is 50.9 Å². The first-order valence-corrected chi connectivity index (χ1v) is 9.19. The summed E-state index contributed by atoms with van der Waals surface area (Å²) in [5.41, 5.74) is 3.22. The Labute approximate surface area is 147 Å². The van der Waals surface area contributed by atoms with Crippen molar-refractivity contribution < 1.29 is 0 Å². The summed E-state index contributed by atoms with van der Waals surface area (Å²) in [7, 11) is 0. The van der Waals surface area contributed by atoms with Crippen LogP contribution in [-0.4, -0.2) is 45.0 Å². The largest absolute Gasteiger partial charge is 0.354 e. The predicted octanol–water partition coefficient (Wildman–Crippen LogP) is 3.52. The van der Waals surface area contributed by atoms with Crippen molar-refractivity contribution in [3.05, 3.63) is 42.7 Å². The zero-order valence-electron chi connectivity index (χ0n) is 14.4. The molecule has 0 saturated carbocycles. The van der Waals surface area contributed by atoms with Gasteiger partial charge in [0.15, 0.2) is 0 Å². The second kappa shape index (κ2) is 5.85. The second-order valence-corrected chi connectivity index (χ2v) is 7.35. The molecule has 3 saturated heterocycles. The van der Waals surface area contributed by atoms with Gasteiger partial charge in [0.1, 0.15) is 0 Å². The average molecular weight is 333 g/mol. The number of hydrogen-bond donors (Lipinski definition) is 2. The molecule has 5 heteroatoms. The van der Waals surface area contributed by atoms with E-state index in [0.29, 0.717) is 12.1 Å². The van der Waals surface area contributed by atoms with Gasteiger partial charge < -0.3 is 10.3 Å². The number of nitrogens with zero attached hydrogens (tertiary/aromatic N) is 3. The maximum absolute atomic E-state index is 4.58. The second-order valence-electron chi connectivity index (χ2n) is 7.35. The lowest BCUT2D eigenvalue weighted by molar-refractivity contribution is 0.0455. The molecule has 0 spiro atoms. The fourth-order valence-corrected chi connectivity index (χ4v) is 4.46. The molecule has 2 N–H and O–H groups in total. The van der Waals surface area contributed by atoms with Gasteiger partial charge in [-0.2, -0.15) is 0 Å². The monoisotopic (exact) mass is 333 g/mol. The Morgan fingerprint density at radius 3 is 2.60 bits per heavy atom. The fraction of sp³-hybridized carbons (Fsp3) is 0.400. The van der Waals surface area contributed by atoms with Crippen molar-refractivity contribution in [3.63, 3.8) is 0 Å². The van der Waals surface area contributed by atoms with Crippen LogP contribution in [0.15, 0.2) is 42.7 Å². The van der Waals surface area contributed by atoms with Gasteiger partial charge in [-0.1, -0.05) is 18.2 Å². The average Bonchev–Trinajstić information content (AvgIpc) is 3.10. The van der Waals surface area contributed by atoms with E-state index in [1.54, 1.807) is 0 Å². The minimum absolute atomic E-state index is 0.460. The third-order valence-corrected chi connectivity index (χ3v) is 5.97. The first-order chi connectivity index (χ1) is 12.3. The summed E-state index contributed by atoms with van der Waals surface area (Å²) in [6.45, 7) is 4.80. The molecule has 0 amide bonds. The van der Waals surface area contributed by atoms with Gasteiger partial charge in [-0.3, -0.25) is 4.90 Å². The number of benzene rings is 1. The Bertz CT molecular complexity index is 841. The van der Waals surface area contributed by atoms with Crippen LogP contribution in [0.3, 0.4) is 0 Å². The number of para-hydroxylation sites is 1. The number of hydrogen-bond acceptors (Lipinski definition) is 4. The van der Waals surface area contributed by atoms with E-state index >= 15 is 0 Å². The van der Waals surface area contributed by atoms with Crippen LogP contribution >= 0.6 is 0 Å². The molecule has 5 heterocycles. The normalized spacial score (nSPS) is 28.4. The number of anilines is 1. The predicted molar refractivity (Wildman–Crippen MR) is 100 cm³/mol. The van der Waals surface area contributed by atoms with Crippen LogP contribution in [-0.2, 0) is 0 Å². The lowest BCUT2D eigenvalue weighted by Gasteiger charge is -2.49. The molecule has 2 bridgehead atoms. The maximum Gasteiger partial charge on any atom is 0.222 e. The van der Waals surface area contributed by atoms with Crippen molar-refractivity contribution >= 4 is 16.9 Å². The van der Waals surface area contributed by atoms with E-state index in [1.165, 1.54) is 31.3 Å². The highest BCUT2D eigenvalue weighted by atomic mass is 15.2. The molecule has 25 heavy (non-hydrogen) atoms. The highest BCUT2D eigenvalue weighted by Crippen LogP contribution is 2.33. The van der Waals surface area contributed by atoms with E-state index in [0.717, 1.165) is 28.6 Å². The van der Waals surface area contributed by atoms with Crippen molar-refractivity contribution in [1.82, 2.24) is 19.9 Å². The van der Waals surface area contributed by atoms with Gasteiger partial charge in [-0.25, -0.2) is 9.97 Å². The highest BCUT2D eigenvalue weighted by molar-refractivity contribution is 5.85. The van der Waals surface area contributed by atoms with Gasteiger partial charge in [0, 0.05) is 46.6 Å². The van der Waals surface area contributed by atoms with E-state index in [1.807, 2.05) is 18.5 Å². The summed E-state index contributed by atoms with van der Waals surface area (Å²) < 4.78 is 0. The molecule has 3 fully saturated rings. The molecule has 6 rings (SSSR count). The lowest BCUT2D eigenvalue weighted by atomic mass is 9.79. The molecule has 2 atom stereocenters. The van der Waals surface area contributed by atoms with Gasteiger partial charge in [0.2, 0.25) is 5.95 Å². The Hall–Kier alpha value is -2.40. The molecule has 3 aliphatic heterocycles. The van der Waals surface area contributed by atoms with Crippen molar-refractivity contribution in [1.29, 1.82) is 0 Å². The number of aromatic amines is 1. The van der Waals surface area contributed by atoms with Gasteiger partial charge in [-0.15, -0.1) is 0 Å². The molecular weight excluding hydrogens is 310 g/mol. The lowest BCUT2D eigenvalue weighted by Crippen LogP contribution is -2.59. The van der Waals surface area contributed by atoms with Crippen LogP contribution < -0.4 is 5.32 Å². The number of rotatable bonds is 3. The zero-order chi connectivity index (χ0) is 16.8. The van der Waals surface area contributed by atoms with Gasteiger partial charge >= 0.3 is 0 Å². The van der Waals surface area contributed by atoms with Crippen molar-refractivity contribution in [2.24, 2.45) is 5.92 Å². The van der Waals surface area contributed by atoms with Crippen LogP contribution in [0.4, 0.5) is 5.95 Å². The molecule has 128 valence electrons. The van der Waals surface area contributed by atoms with Gasteiger partial charge in [0.25, 0.3) is 0 Å². The molecule has 0 unspecified atom stereocenters. The van der Waals surface area contributed by atoms with Crippen LogP contribution in [0.1, 0.15) is 19.8 Å². The van der Waals surface area contributed by atoms with E-state index in [9.17, 15) is 0 Å². The standard InChI is InChI=1S/C20H23N5/c1-13-19(14-6-8-25(13)9-7-14)24-20-21-11-16(12-22-20)18-10-15-4-2-3-5-17(15)23-18/h2-5,10-14,19,23H,6-9H2,1H3,(H,21,22,24)/t13-,19-/m1/s1. The summed E-state index contributed by atoms with van der Waals surface area (Å²) in [5, 5.41) is 4.80. The fourth-order valence-electron chi connectivity index (χ4n) is 4.46. The summed E-state index contributed by atoms with van der Waals surface area (Å²) >= 11 is 0. The van der Waals surface area contributed by atoms with Crippen LogP contribution in [0.5, 0.6) is 0 Å². The van der Waals surface area contributed by atoms with E-state index in [-0.39, 0.29) is 0 Å². The molecule has 3 aliphatic rings. The summed E-state index contributed by atoms with van der Waals surface area (Å²) in [6, 6.07) is 11.5. The van der Waals surface area contributed by atoms with Crippen molar-refractivity contribution in [2.45, 2.75) is 31.8 Å².